The molecule has 0 saturated carbocycles. The van der Waals surface area contributed by atoms with Gasteiger partial charge in [-0.3, -0.25) is 9.78 Å². The molecule has 0 bridgehead atoms. The molecule has 0 aromatic carbocycles. The Hall–Kier alpha value is -1.72. The van der Waals surface area contributed by atoms with Crippen molar-refractivity contribution in [1.82, 2.24) is 19.7 Å². The Labute approximate surface area is 170 Å². The van der Waals surface area contributed by atoms with Crippen molar-refractivity contribution in [1.29, 1.82) is 0 Å². The number of amides is 1. The third-order valence-corrected chi connectivity index (χ3v) is 6.37. The molecule has 5 nitrogen and oxygen atoms in total. The Morgan fingerprint density at radius 1 is 1.18 bits per heavy atom. The van der Waals surface area contributed by atoms with Crippen LogP contribution >= 0.6 is 0 Å². The minimum absolute atomic E-state index is 0.245. The Balaban J connectivity index is 1.52. The Kier molecular flexibility index (Phi) is 8.04. The predicted molar refractivity (Wildman–Crippen MR) is 114 cm³/mol. The van der Waals surface area contributed by atoms with Gasteiger partial charge in [-0.05, 0) is 88.9 Å². The highest BCUT2D eigenvalue weighted by Crippen LogP contribution is 2.25. The molecule has 28 heavy (non-hydrogen) atoms. The molecule has 2 saturated heterocycles. The van der Waals surface area contributed by atoms with Crippen molar-refractivity contribution in [2.45, 2.75) is 51.1 Å². The van der Waals surface area contributed by atoms with Crippen LogP contribution in [0, 0.1) is 5.92 Å². The van der Waals surface area contributed by atoms with Gasteiger partial charge in [0.2, 0.25) is 5.91 Å². The first-order chi connectivity index (χ1) is 13.7. The highest BCUT2D eigenvalue weighted by atomic mass is 16.2. The summed E-state index contributed by atoms with van der Waals surface area (Å²) >= 11 is 0. The molecule has 1 aromatic heterocycles. The Morgan fingerprint density at radius 3 is 2.50 bits per heavy atom. The highest BCUT2D eigenvalue weighted by molar-refractivity contribution is 5.76. The second kappa shape index (κ2) is 10.7. The standard InChI is InChI=1S/C23H36N4O/c1-3-4-5-23(28)27(18-20-6-12-24-13-7-20)19-21-8-16-26(17-9-21)22-10-14-25(2)15-11-22/h3,6-7,12-13,21-22H,1,4-5,8-11,14-19H2,2H3. The first-order valence-corrected chi connectivity index (χ1v) is 10.9. The molecule has 1 aromatic rings. The monoisotopic (exact) mass is 384 g/mol. The number of carbonyl (C=O) groups is 1. The fraction of sp³-hybridized carbons (Fsp3) is 0.652. The molecular formula is C23H36N4O. The van der Waals surface area contributed by atoms with Crippen LogP contribution in [-0.4, -0.2) is 71.4 Å². The molecule has 0 unspecified atom stereocenters. The number of likely N-dealkylation sites (tertiary alicyclic amines) is 2. The summed E-state index contributed by atoms with van der Waals surface area (Å²) in [6, 6.07) is 4.78. The molecular weight excluding hydrogens is 348 g/mol. The second-order valence-corrected chi connectivity index (χ2v) is 8.47. The topological polar surface area (TPSA) is 39.7 Å². The van der Waals surface area contributed by atoms with Gasteiger partial charge in [0.25, 0.3) is 0 Å². The maximum Gasteiger partial charge on any atom is 0.223 e. The van der Waals surface area contributed by atoms with E-state index in [2.05, 4.69) is 33.3 Å². The molecule has 0 spiro atoms. The van der Waals surface area contributed by atoms with Gasteiger partial charge in [-0.2, -0.15) is 0 Å². The molecule has 0 N–H and O–H groups in total. The van der Waals surface area contributed by atoms with E-state index in [4.69, 9.17) is 0 Å². The Bertz CT molecular complexity index is 604. The quantitative estimate of drug-likeness (QED) is 0.646. The molecule has 3 heterocycles. The molecule has 0 radical (unpaired) electrons. The fourth-order valence-corrected chi connectivity index (χ4v) is 4.52. The first-order valence-electron chi connectivity index (χ1n) is 10.9. The van der Waals surface area contributed by atoms with Crippen LogP contribution < -0.4 is 0 Å². The number of hydrogen-bond donors (Lipinski definition) is 0. The smallest absolute Gasteiger partial charge is 0.223 e. The lowest BCUT2D eigenvalue weighted by atomic mass is 9.93. The van der Waals surface area contributed by atoms with Gasteiger partial charge in [-0.25, -0.2) is 0 Å². The number of rotatable bonds is 8. The van der Waals surface area contributed by atoms with Gasteiger partial charge in [0.1, 0.15) is 0 Å². The average molecular weight is 385 g/mol. The van der Waals surface area contributed by atoms with Crippen molar-refractivity contribution in [3.05, 3.63) is 42.7 Å². The van der Waals surface area contributed by atoms with E-state index in [0.717, 1.165) is 24.6 Å². The fourth-order valence-electron chi connectivity index (χ4n) is 4.52. The SMILES string of the molecule is C=CCCC(=O)N(Cc1ccncc1)CC1CCN(C2CCN(C)CC2)CC1. The van der Waals surface area contributed by atoms with Crippen LogP contribution in [0.15, 0.2) is 37.2 Å². The summed E-state index contributed by atoms with van der Waals surface area (Å²) in [6.45, 7) is 10.1. The second-order valence-electron chi connectivity index (χ2n) is 8.47. The van der Waals surface area contributed by atoms with Crippen LogP contribution in [0.1, 0.15) is 44.1 Å². The lowest BCUT2D eigenvalue weighted by molar-refractivity contribution is -0.132. The number of piperidine rings is 2. The van der Waals surface area contributed by atoms with Crippen LogP contribution in [0.2, 0.25) is 0 Å². The number of nitrogens with zero attached hydrogens (tertiary/aromatic N) is 4. The van der Waals surface area contributed by atoms with E-state index in [9.17, 15) is 4.79 Å². The first kappa shape index (κ1) is 21.0. The summed E-state index contributed by atoms with van der Waals surface area (Å²) in [5, 5.41) is 0. The third kappa shape index (κ3) is 6.14. The number of aromatic nitrogens is 1. The molecule has 2 aliphatic rings. The van der Waals surface area contributed by atoms with Crippen LogP contribution in [-0.2, 0) is 11.3 Å². The zero-order valence-corrected chi connectivity index (χ0v) is 17.4. The van der Waals surface area contributed by atoms with E-state index < -0.39 is 0 Å². The van der Waals surface area contributed by atoms with Crippen molar-refractivity contribution in [3.8, 4) is 0 Å². The highest BCUT2D eigenvalue weighted by Gasteiger charge is 2.28. The summed E-state index contributed by atoms with van der Waals surface area (Å²) in [4.78, 5) is 24.1. The minimum atomic E-state index is 0.245. The molecule has 1 amide bonds. The third-order valence-electron chi connectivity index (χ3n) is 6.37. The summed E-state index contributed by atoms with van der Waals surface area (Å²) in [7, 11) is 2.23. The van der Waals surface area contributed by atoms with Crippen molar-refractivity contribution >= 4 is 5.91 Å². The number of carbonyl (C=O) groups excluding carboxylic acids is 1. The maximum atomic E-state index is 12.8. The molecule has 0 aliphatic carbocycles. The van der Waals surface area contributed by atoms with E-state index >= 15 is 0 Å². The molecule has 154 valence electrons. The lowest BCUT2D eigenvalue weighted by Gasteiger charge is -2.42. The van der Waals surface area contributed by atoms with Crippen LogP contribution in [0.4, 0.5) is 0 Å². The average Bonchev–Trinajstić information content (AvgIpc) is 2.73. The predicted octanol–water partition coefficient (Wildman–Crippen LogP) is 3.18. The van der Waals surface area contributed by atoms with E-state index in [-0.39, 0.29) is 5.91 Å². The van der Waals surface area contributed by atoms with Crippen molar-refractivity contribution in [3.63, 3.8) is 0 Å². The summed E-state index contributed by atoms with van der Waals surface area (Å²) in [6.07, 6.45) is 11.8. The van der Waals surface area contributed by atoms with Gasteiger partial charge in [-0.1, -0.05) is 6.08 Å². The van der Waals surface area contributed by atoms with Gasteiger partial charge in [0.05, 0.1) is 0 Å². The van der Waals surface area contributed by atoms with E-state index in [1.165, 1.54) is 51.9 Å². The summed E-state index contributed by atoms with van der Waals surface area (Å²) in [5.74, 6) is 0.853. The van der Waals surface area contributed by atoms with Crippen LogP contribution in [0.3, 0.4) is 0 Å². The zero-order chi connectivity index (χ0) is 19.8. The summed E-state index contributed by atoms with van der Waals surface area (Å²) in [5.41, 5.74) is 1.16. The Morgan fingerprint density at radius 2 is 1.86 bits per heavy atom. The van der Waals surface area contributed by atoms with Crippen LogP contribution in [0.5, 0.6) is 0 Å². The number of pyridine rings is 1. The van der Waals surface area contributed by atoms with Gasteiger partial charge in [0.15, 0.2) is 0 Å². The number of hydrogen-bond acceptors (Lipinski definition) is 4. The summed E-state index contributed by atoms with van der Waals surface area (Å²) < 4.78 is 0. The molecule has 3 rings (SSSR count). The van der Waals surface area contributed by atoms with Gasteiger partial charge < -0.3 is 14.7 Å². The van der Waals surface area contributed by atoms with E-state index in [1.807, 2.05) is 30.6 Å². The van der Waals surface area contributed by atoms with Gasteiger partial charge >= 0.3 is 0 Å². The van der Waals surface area contributed by atoms with Crippen molar-refractivity contribution in [2.24, 2.45) is 5.92 Å². The minimum Gasteiger partial charge on any atom is -0.338 e. The van der Waals surface area contributed by atoms with Crippen molar-refractivity contribution in [2.75, 3.05) is 39.8 Å². The van der Waals surface area contributed by atoms with Crippen LogP contribution in [0.25, 0.3) is 0 Å². The lowest BCUT2D eigenvalue weighted by Crippen LogP contribution is -2.48. The van der Waals surface area contributed by atoms with E-state index in [0.29, 0.717) is 18.9 Å². The molecule has 2 aliphatic heterocycles. The molecule has 2 fully saturated rings. The van der Waals surface area contributed by atoms with Gasteiger partial charge in [-0.15, -0.1) is 6.58 Å². The zero-order valence-electron chi connectivity index (χ0n) is 17.4. The van der Waals surface area contributed by atoms with Crippen molar-refractivity contribution < 1.29 is 4.79 Å². The van der Waals surface area contributed by atoms with E-state index in [1.54, 1.807) is 0 Å². The largest absolute Gasteiger partial charge is 0.338 e. The normalized spacial score (nSPS) is 20.2. The molecule has 5 heteroatoms. The molecule has 0 atom stereocenters. The van der Waals surface area contributed by atoms with Gasteiger partial charge in [0, 0.05) is 37.9 Å². The number of allylic oxidation sites excluding steroid dienone is 1. The maximum absolute atomic E-state index is 12.8.